The summed E-state index contributed by atoms with van der Waals surface area (Å²) >= 11 is 3.99. The maximum Gasteiger partial charge on any atom is 0.222 e. The number of anilines is 1. The highest BCUT2D eigenvalue weighted by molar-refractivity contribution is 14.1. The van der Waals surface area contributed by atoms with Gasteiger partial charge >= 0.3 is 0 Å². The van der Waals surface area contributed by atoms with Gasteiger partial charge in [-0.2, -0.15) is 11.8 Å². The number of hydrogen-bond donors (Lipinski definition) is 1. The number of rotatable bonds is 4. The highest BCUT2D eigenvalue weighted by atomic mass is 127. The molecule has 0 unspecified atom stereocenters. The fourth-order valence-electron chi connectivity index (χ4n) is 0.668. The average molecular weight is 295 g/mol. The van der Waals surface area contributed by atoms with E-state index in [1.165, 1.54) is 0 Å². The lowest BCUT2D eigenvalue weighted by molar-refractivity contribution is 1.08. The van der Waals surface area contributed by atoms with Gasteiger partial charge in [0.05, 0.1) is 0 Å². The Morgan fingerprint density at radius 1 is 1.50 bits per heavy atom. The molecular weight excluding hydrogens is 285 g/mol. The first-order valence-electron chi connectivity index (χ1n) is 3.53. The second-order valence-electron chi connectivity index (χ2n) is 2.14. The summed E-state index contributed by atoms with van der Waals surface area (Å²) in [7, 11) is 0. The van der Waals surface area contributed by atoms with Crippen LogP contribution in [0.5, 0.6) is 0 Å². The lowest BCUT2D eigenvalue weighted by Gasteiger charge is -2.01. The molecule has 0 aliphatic rings. The standard InChI is InChI=1S/C7H10IN3S/c1-12-3-2-9-7-10-4-6(8)5-11-7/h4-5H,2-3H2,1H3,(H,9,10,11). The molecule has 3 nitrogen and oxygen atoms in total. The van der Waals surface area contributed by atoms with E-state index >= 15 is 0 Å². The lowest BCUT2D eigenvalue weighted by atomic mass is 10.6. The van der Waals surface area contributed by atoms with Crippen molar-refractivity contribution in [2.75, 3.05) is 23.9 Å². The van der Waals surface area contributed by atoms with E-state index in [1.54, 1.807) is 24.2 Å². The van der Waals surface area contributed by atoms with Gasteiger partial charge in [-0.15, -0.1) is 0 Å². The molecule has 0 radical (unpaired) electrons. The fraction of sp³-hybridized carbons (Fsp3) is 0.429. The molecule has 0 bridgehead atoms. The predicted molar refractivity (Wildman–Crippen MR) is 61.6 cm³/mol. The summed E-state index contributed by atoms with van der Waals surface area (Å²) in [6.07, 6.45) is 5.68. The third-order valence-electron chi connectivity index (χ3n) is 1.21. The Kier molecular flexibility index (Phi) is 4.67. The van der Waals surface area contributed by atoms with Crippen molar-refractivity contribution in [3.8, 4) is 0 Å². The van der Waals surface area contributed by atoms with Crippen molar-refractivity contribution in [3.63, 3.8) is 0 Å². The summed E-state index contributed by atoms with van der Waals surface area (Å²) in [5, 5.41) is 3.13. The first-order valence-corrected chi connectivity index (χ1v) is 6.00. The van der Waals surface area contributed by atoms with Gasteiger partial charge in [0.2, 0.25) is 5.95 Å². The van der Waals surface area contributed by atoms with Gasteiger partial charge in [-0.05, 0) is 28.8 Å². The maximum absolute atomic E-state index is 4.11. The molecule has 1 heterocycles. The molecule has 1 aromatic rings. The third-order valence-corrected chi connectivity index (χ3v) is 2.38. The van der Waals surface area contributed by atoms with Gasteiger partial charge in [0, 0.05) is 28.3 Å². The number of nitrogens with zero attached hydrogens (tertiary/aromatic N) is 2. The van der Waals surface area contributed by atoms with Crippen LogP contribution in [0.1, 0.15) is 0 Å². The minimum atomic E-state index is 0.712. The largest absolute Gasteiger partial charge is 0.353 e. The summed E-state index contributed by atoms with van der Waals surface area (Å²) in [6, 6.07) is 0. The van der Waals surface area contributed by atoms with Crippen LogP contribution in [-0.2, 0) is 0 Å². The molecule has 12 heavy (non-hydrogen) atoms. The van der Waals surface area contributed by atoms with E-state index in [1.807, 2.05) is 0 Å². The van der Waals surface area contributed by atoms with Crippen molar-refractivity contribution in [2.45, 2.75) is 0 Å². The van der Waals surface area contributed by atoms with Gasteiger partial charge < -0.3 is 5.32 Å². The molecular formula is C7H10IN3S. The van der Waals surface area contributed by atoms with E-state index in [2.05, 4.69) is 44.1 Å². The van der Waals surface area contributed by atoms with Gasteiger partial charge in [-0.25, -0.2) is 9.97 Å². The molecule has 1 rings (SSSR count). The lowest BCUT2D eigenvalue weighted by Crippen LogP contribution is -2.06. The van der Waals surface area contributed by atoms with E-state index in [9.17, 15) is 0 Å². The van der Waals surface area contributed by atoms with Crippen molar-refractivity contribution in [2.24, 2.45) is 0 Å². The van der Waals surface area contributed by atoms with Crippen LogP contribution in [0.4, 0.5) is 5.95 Å². The topological polar surface area (TPSA) is 37.8 Å². The van der Waals surface area contributed by atoms with Crippen molar-refractivity contribution in [1.82, 2.24) is 9.97 Å². The number of nitrogens with one attached hydrogen (secondary N) is 1. The molecule has 0 aliphatic carbocycles. The van der Waals surface area contributed by atoms with Gasteiger partial charge in [-0.1, -0.05) is 0 Å². The minimum Gasteiger partial charge on any atom is -0.353 e. The Labute approximate surface area is 89.9 Å². The molecule has 0 saturated carbocycles. The first kappa shape index (κ1) is 10.0. The van der Waals surface area contributed by atoms with Crippen molar-refractivity contribution in [3.05, 3.63) is 16.0 Å². The van der Waals surface area contributed by atoms with Crippen LogP contribution in [0.2, 0.25) is 0 Å². The Balaban J connectivity index is 2.37. The SMILES string of the molecule is CSCCNc1ncc(I)cn1. The molecule has 1 N–H and O–H groups in total. The number of hydrogen-bond acceptors (Lipinski definition) is 4. The molecule has 0 spiro atoms. The summed E-state index contributed by atoms with van der Waals surface area (Å²) in [6.45, 7) is 0.918. The Hall–Kier alpha value is -0.0400. The predicted octanol–water partition coefficient (Wildman–Crippen LogP) is 1.86. The van der Waals surface area contributed by atoms with E-state index in [0.29, 0.717) is 5.95 Å². The Morgan fingerprint density at radius 2 is 2.17 bits per heavy atom. The molecule has 0 amide bonds. The second kappa shape index (κ2) is 5.58. The van der Waals surface area contributed by atoms with Crippen molar-refractivity contribution in [1.29, 1.82) is 0 Å². The van der Waals surface area contributed by atoms with Crippen LogP contribution < -0.4 is 5.32 Å². The number of thioether (sulfide) groups is 1. The molecule has 0 fully saturated rings. The normalized spacial score (nSPS) is 9.83. The molecule has 5 heteroatoms. The van der Waals surface area contributed by atoms with Crippen LogP contribution in [-0.4, -0.2) is 28.5 Å². The first-order chi connectivity index (χ1) is 5.83. The summed E-state index contributed by atoms with van der Waals surface area (Å²) in [4.78, 5) is 8.22. The molecule has 0 atom stereocenters. The average Bonchev–Trinajstić information content (AvgIpc) is 2.09. The monoisotopic (exact) mass is 295 g/mol. The van der Waals surface area contributed by atoms with Gasteiger partial charge in [-0.3, -0.25) is 0 Å². The summed E-state index contributed by atoms with van der Waals surface area (Å²) < 4.78 is 1.06. The van der Waals surface area contributed by atoms with E-state index in [0.717, 1.165) is 15.9 Å². The third kappa shape index (κ3) is 3.57. The molecule has 0 aromatic carbocycles. The molecule has 0 aliphatic heterocycles. The van der Waals surface area contributed by atoms with Crippen LogP contribution in [0.3, 0.4) is 0 Å². The van der Waals surface area contributed by atoms with Gasteiger partial charge in [0.15, 0.2) is 0 Å². The van der Waals surface area contributed by atoms with E-state index in [-0.39, 0.29) is 0 Å². The van der Waals surface area contributed by atoms with Crippen LogP contribution in [0.15, 0.2) is 12.4 Å². The number of halogens is 1. The van der Waals surface area contributed by atoms with Crippen molar-refractivity contribution >= 4 is 40.3 Å². The van der Waals surface area contributed by atoms with Crippen LogP contribution >= 0.6 is 34.4 Å². The second-order valence-corrected chi connectivity index (χ2v) is 4.38. The zero-order chi connectivity index (χ0) is 8.81. The van der Waals surface area contributed by atoms with Crippen LogP contribution in [0, 0.1) is 3.57 Å². The maximum atomic E-state index is 4.11. The highest BCUT2D eigenvalue weighted by Gasteiger charge is 1.92. The Bertz CT molecular complexity index is 227. The van der Waals surface area contributed by atoms with Crippen LogP contribution in [0.25, 0.3) is 0 Å². The summed E-state index contributed by atoms with van der Waals surface area (Å²) in [5.74, 6) is 1.79. The molecule has 1 aromatic heterocycles. The molecule has 0 saturated heterocycles. The van der Waals surface area contributed by atoms with Gasteiger partial charge in [0.1, 0.15) is 0 Å². The van der Waals surface area contributed by atoms with Crippen molar-refractivity contribution < 1.29 is 0 Å². The summed E-state index contributed by atoms with van der Waals surface area (Å²) in [5.41, 5.74) is 0. The molecule has 66 valence electrons. The fourth-order valence-corrected chi connectivity index (χ4v) is 1.25. The smallest absolute Gasteiger partial charge is 0.222 e. The van der Waals surface area contributed by atoms with E-state index in [4.69, 9.17) is 0 Å². The zero-order valence-corrected chi connectivity index (χ0v) is 9.72. The van der Waals surface area contributed by atoms with E-state index < -0.39 is 0 Å². The minimum absolute atomic E-state index is 0.712. The highest BCUT2D eigenvalue weighted by Crippen LogP contribution is 2.02. The quantitative estimate of drug-likeness (QED) is 0.679. The number of aromatic nitrogens is 2. The zero-order valence-electron chi connectivity index (χ0n) is 6.75. The van der Waals surface area contributed by atoms with Gasteiger partial charge in [0.25, 0.3) is 0 Å². The Morgan fingerprint density at radius 3 is 2.75 bits per heavy atom.